The number of rotatable bonds is 8. The molecule has 0 radical (unpaired) electrons. The number of carbonyl (C=O) groups excluding carboxylic acids is 1. The minimum Gasteiger partial charge on any atom is -0.486 e. The number of halogens is 1. The standard InChI is InChI=1S/C21H16FN3O5/c22-14-3-7-16(8-4-14)27-11-17-9-10-18(29-17)21-24-20(25-30-21)13-1-5-15(6-2-13)28-12-19(23)26/h1-10H,11-12H2,(H2,23,26). The van der Waals surface area contributed by atoms with E-state index in [9.17, 15) is 9.18 Å². The fourth-order valence-corrected chi connectivity index (χ4v) is 2.55. The Morgan fingerprint density at radius 1 is 0.967 bits per heavy atom. The van der Waals surface area contributed by atoms with Crippen LogP contribution in [0.15, 0.2) is 69.6 Å². The Morgan fingerprint density at radius 2 is 1.67 bits per heavy atom. The Balaban J connectivity index is 1.40. The van der Waals surface area contributed by atoms with Gasteiger partial charge in [0.2, 0.25) is 5.82 Å². The predicted molar refractivity (Wildman–Crippen MR) is 103 cm³/mol. The molecule has 2 heterocycles. The molecule has 2 aromatic heterocycles. The van der Waals surface area contributed by atoms with Gasteiger partial charge in [-0.05, 0) is 60.7 Å². The van der Waals surface area contributed by atoms with Gasteiger partial charge in [-0.3, -0.25) is 4.79 Å². The molecule has 30 heavy (non-hydrogen) atoms. The summed E-state index contributed by atoms with van der Waals surface area (Å²) < 4.78 is 34.6. The molecule has 0 fully saturated rings. The van der Waals surface area contributed by atoms with E-state index in [-0.39, 0.29) is 24.9 Å². The molecule has 2 aromatic carbocycles. The Kier molecular flexibility index (Phi) is 5.42. The van der Waals surface area contributed by atoms with Crippen LogP contribution in [-0.4, -0.2) is 22.7 Å². The van der Waals surface area contributed by atoms with Crippen LogP contribution in [0.3, 0.4) is 0 Å². The van der Waals surface area contributed by atoms with Gasteiger partial charge in [-0.1, -0.05) is 5.16 Å². The summed E-state index contributed by atoms with van der Waals surface area (Å²) in [6.07, 6.45) is 0. The van der Waals surface area contributed by atoms with Crippen molar-refractivity contribution in [2.24, 2.45) is 5.73 Å². The average Bonchev–Trinajstić information content (AvgIpc) is 3.42. The van der Waals surface area contributed by atoms with Gasteiger partial charge < -0.3 is 24.1 Å². The lowest BCUT2D eigenvalue weighted by Crippen LogP contribution is -2.19. The van der Waals surface area contributed by atoms with Crippen LogP contribution in [0.5, 0.6) is 11.5 Å². The number of hydrogen-bond acceptors (Lipinski definition) is 7. The third kappa shape index (κ3) is 4.64. The first-order valence-corrected chi connectivity index (χ1v) is 8.89. The van der Waals surface area contributed by atoms with Crippen molar-refractivity contribution < 1.29 is 27.6 Å². The van der Waals surface area contributed by atoms with Crippen LogP contribution in [0.4, 0.5) is 4.39 Å². The third-order valence-electron chi connectivity index (χ3n) is 3.99. The lowest BCUT2D eigenvalue weighted by Gasteiger charge is -2.03. The van der Waals surface area contributed by atoms with Gasteiger partial charge in [-0.2, -0.15) is 4.98 Å². The molecule has 0 aliphatic carbocycles. The molecule has 9 heteroatoms. The van der Waals surface area contributed by atoms with E-state index in [1.807, 2.05) is 0 Å². The molecule has 2 N–H and O–H groups in total. The summed E-state index contributed by atoms with van der Waals surface area (Å²) >= 11 is 0. The largest absolute Gasteiger partial charge is 0.486 e. The van der Waals surface area contributed by atoms with Gasteiger partial charge >= 0.3 is 0 Å². The van der Waals surface area contributed by atoms with E-state index in [2.05, 4.69) is 10.1 Å². The molecule has 0 saturated heterocycles. The van der Waals surface area contributed by atoms with E-state index >= 15 is 0 Å². The van der Waals surface area contributed by atoms with Gasteiger partial charge in [0.15, 0.2) is 12.4 Å². The zero-order chi connectivity index (χ0) is 20.9. The molecule has 152 valence electrons. The minimum atomic E-state index is -0.553. The molecule has 0 bridgehead atoms. The molecular weight excluding hydrogens is 393 g/mol. The summed E-state index contributed by atoms with van der Waals surface area (Å²) in [5, 5.41) is 3.95. The fourth-order valence-electron chi connectivity index (χ4n) is 2.55. The van der Waals surface area contributed by atoms with Crippen LogP contribution in [0.2, 0.25) is 0 Å². The second-order valence-electron chi connectivity index (χ2n) is 6.21. The third-order valence-corrected chi connectivity index (χ3v) is 3.99. The molecule has 4 rings (SSSR count). The first-order valence-electron chi connectivity index (χ1n) is 8.89. The van der Waals surface area contributed by atoms with Gasteiger partial charge in [0, 0.05) is 5.56 Å². The lowest BCUT2D eigenvalue weighted by molar-refractivity contribution is -0.119. The predicted octanol–water partition coefficient (Wildman–Crippen LogP) is 3.58. The van der Waals surface area contributed by atoms with Crippen LogP contribution >= 0.6 is 0 Å². The highest BCUT2D eigenvalue weighted by molar-refractivity contribution is 5.75. The zero-order valence-electron chi connectivity index (χ0n) is 15.6. The maximum Gasteiger partial charge on any atom is 0.293 e. The molecule has 0 spiro atoms. The molecule has 1 amide bonds. The van der Waals surface area contributed by atoms with Crippen LogP contribution in [-0.2, 0) is 11.4 Å². The van der Waals surface area contributed by atoms with Crippen molar-refractivity contribution in [2.45, 2.75) is 6.61 Å². The number of primary amides is 1. The second kappa shape index (κ2) is 8.48. The van der Waals surface area contributed by atoms with E-state index in [4.69, 9.17) is 24.1 Å². The van der Waals surface area contributed by atoms with Gasteiger partial charge in [0.25, 0.3) is 11.8 Å². The van der Waals surface area contributed by atoms with Crippen molar-refractivity contribution in [3.8, 4) is 34.5 Å². The van der Waals surface area contributed by atoms with Crippen LogP contribution in [0.25, 0.3) is 23.0 Å². The van der Waals surface area contributed by atoms with E-state index in [0.29, 0.717) is 34.4 Å². The molecule has 4 aromatic rings. The Morgan fingerprint density at radius 3 is 2.40 bits per heavy atom. The molecular formula is C21H16FN3O5. The van der Waals surface area contributed by atoms with Gasteiger partial charge in [0.1, 0.15) is 29.7 Å². The number of hydrogen-bond donors (Lipinski definition) is 1. The van der Waals surface area contributed by atoms with Crippen molar-refractivity contribution in [1.82, 2.24) is 10.1 Å². The number of nitrogens with zero attached hydrogens (tertiary/aromatic N) is 2. The number of benzene rings is 2. The number of carbonyl (C=O) groups is 1. The molecule has 0 unspecified atom stereocenters. The van der Waals surface area contributed by atoms with E-state index < -0.39 is 5.91 Å². The highest BCUT2D eigenvalue weighted by Crippen LogP contribution is 2.26. The number of amides is 1. The smallest absolute Gasteiger partial charge is 0.293 e. The lowest BCUT2D eigenvalue weighted by atomic mass is 10.2. The maximum atomic E-state index is 12.9. The normalized spacial score (nSPS) is 10.7. The maximum absolute atomic E-state index is 12.9. The van der Waals surface area contributed by atoms with Gasteiger partial charge in [-0.25, -0.2) is 4.39 Å². The zero-order valence-corrected chi connectivity index (χ0v) is 15.6. The van der Waals surface area contributed by atoms with E-state index in [0.717, 1.165) is 0 Å². The number of nitrogens with two attached hydrogens (primary N) is 1. The van der Waals surface area contributed by atoms with Gasteiger partial charge in [0.05, 0.1) is 0 Å². The van der Waals surface area contributed by atoms with E-state index in [1.54, 1.807) is 36.4 Å². The number of aromatic nitrogens is 2. The highest BCUT2D eigenvalue weighted by Gasteiger charge is 2.15. The summed E-state index contributed by atoms with van der Waals surface area (Å²) in [4.78, 5) is 15.1. The first kappa shape index (κ1) is 19.2. The second-order valence-corrected chi connectivity index (χ2v) is 6.21. The molecule has 8 nitrogen and oxygen atoms in total. The van der Waals surface area contributed by atoms with Crippen molar-refractivity contribution in [3.63, 3.8) is 0 Å². The summed E-state index contributed by atoms with van der Waals surface area (Å²) in [5.41, 5.74) is 5.75. The quantitative estimate of drug-likeness (QED) is 0.473. The van der Waals surface area contributed by atoms with E-state index in [1.165, 1.54) is 24.3 Å². The summed E-state index contributed by atoms with van der Waals surface area (Å²) in [7, 11) is 0. The Labute approximate surface area is 170 Å². The minimum absolute atomic E-state index is 0.166. The number of furan rings is 1. The summed E-state index contributed by atoms with van der Waals surface area (Å²) in [6.45, 7) is -0.0310. The molecule has 0 aliphatic rings. The van der Waals surface area contributed by atoms with Crippen LogP contribution in [0.1, 0.15) is 5.76 Å². The van der Waals surface area contributed by atoms with Crippen LogP contribution in [0, 0.1) is 5.82 Å². The summed E-state index contributed by atoms with van der Waals surface area (Å²) in [5.74, 6) is 1.66. The fraction of sp³-hybridized carbons (Fsp3) is 0.0952. The molecule has 0 atom stereocenters. The van der Waals surface area contributed by atoms with Crippen molar-refractivity contribution in [2.75, 3.05) is 6.61 Å². The Hall–Kier alpha value is -4.14. The monoisotopic (exact) mass is 409 g/mol. The first-order chi connectivity index (χ1) is 14.6. The van der Waals surface area contributed by atoms with Crippen LogP contribution < -0.4 is 15.2 Å². The topological polar surface area (TPSA) is 114 Å². The van der Waals surface area contributed by atoms with Crippen molar-refractivity contribution in [3.05, 3.63) is 72.2 Å². The molecule has 0 aliphatic heterocycles. The van der Waals surface area contributed by atoms with Crippen molar-refractivity contribution in [1.29, 1.82) is 0 Å². The average molecular weight is 409 g/mol. The highest BCUT2D eigenvalue weighted by atomic mass is 19.1. The number of ether oxygens (including phenoxy) is 2. The van der Waals surface area contributed by atoms with Crippen molar-refractivity contribution >= 4 is 5.91 Å². The molecule has 0 saturated carbocycles. The Bertz CT molecular complexity index is 1140. The van der Waals surface area contributed by atoms with Gasteiger partial charge in [-0.15, -0.1) is 0 Å². The SMILES string of the molecule is NC(=O)COc1ccc(-c2noc(-c3ccc(COc4ccc(F)cc4)o3)n2)cc1. The summed E-state index contributed by atoms with van der Waals surface area (Å²) in [6, 6.07) is 15.9.